The third-order valence-corrected chi connectivity index (χ3v) is 14.1. The fraction of sp³-hybridized carbons (Fsp3) is 0.364. The summed E-state index contributed by atoms with van der Waals surface area (Å²) in [5, 5.41) is 57.9. The van der Waals surface area contributed by atoms with Gasteiger partial charge in [-0.2, -0.15) is 0 Å². The monoisotopic (exact) mass is 628 g/mol. The minimum atomic E-state index is -1.06. The van der Waals surface area contributed by atoms with Crippen LogP contribution in [0.2, 0.25) is 0 Å². The molecule has 0 bridgehead atoms. The molecule has 1 heterocycles. The van der Waals surface area contributed by atoms with Crippen LogP contribution in [0.15, 0.2) is 46.0 Å². The number of nitrogens with zero attached hydrogens (tertiary/aromatic N) is 2. The molecule has 0 amide bonds. The average Bonchev–Trinajstić information content (AvgIpc) is 3.24. The van der Waals surface area contributed by atoms with Crippen molar-refractivity contribution in [3.63, 3.8) is 0 Å². The van der Waals surface area contributed by atoms with E-state index in [1.54, 1.807) is 11.0 Å². The molecule has 0 aliphatic rings. The normalized spacial score (nSPS) is 13.4. The molecule has 0 saturated carbocycles. The number of aromatic hydroxyl groups is 1. The molecular weight excluding hydrogens is 602 g/mol. The Kier molecular flexibility index (Phi) is 10.8. The van der Waals surface area contributed by atoms with E-state index in [1.807, 2.05) is 30.3 Å². The number of benzene rings is 2. The number of aliphatic carboxylic acids is 1. The molecule has 35 heavy (non-hydrogen) atoms. The number of oxazole rings is 1. The summed E-state index contributed by atoms with van der Waals surface area (Å²) < 4.78 is 7.87. The number of aromatic nitrogens is 1. The van der Waals surface area contributed by atoms with Crippen LogP contribution < -0.4 is 13.6 Å². The topological polar surface area (TPSA) is 168 Å². The SMILES string of the molecule is O=C(O)CCSc1nc2cc([As]=[As]c3ccc(O)c(N(CC(O)CO)CC(O)CO)c3)ccc2o1. The van der Waals surface area contributed by atoms with Crippen LogP contribution in [0.25, 0.3) is 11.1 Å². The molecule has 0 saturated heterocycles. The Morgan fingerprint density at radius 3 is 2.29 bits per heavy atom. The molecule has 2 unspecified atom stereocenters. The maximum absolute atomic E-state index is 10.7. The van der Waals surface area contributed by atoms with Gasteiger partial charge in [0.2, 0.25) is 0 Å². The quantitative estimate of drug-likeness (QED) is 0.100. The zero-order chi connectivity index (χ0) is 25.4. The molecule has 3 aromatic rings. The van der Waals surface area contributed by atoms with E-state index in [0.29, 0.717) is 22.2 Å². The molecule has 2 aromatic carbocycles. The first-order valence-electron chi connectivity index (χ1n) is 10.6. The Bertz CT molecular complexity index is 1160. The van der Waals surface area contributed by atoms with Gasteiger partial charge < -0.3 is 0 Å². The molecule has 188 valence electrons. The maximum atomic E-state index is 10.7. The number of phenols is 1. The minimum absolute atomic E-state index is 0.00950. The number of hydrogen-bond acceptors (Lipinski definition) is 10. The van der Waals surface area contributed by atoms with Crippen LogP contribution in [0.3, 0.4) is 0 Å². The van der Waals surface area contributed by atoms with Crippen molar-refractivity contribution < 1.29 is 39.9 Å². The van der Waals surface area contributed by atoms with Gasteiger partial charge in [0.1, 0.15) is 0 Å². The molecule has 0 aliphatic heterocycles. The standard InChI is InChI=1S/C22H26As2N2O8S/c27-11-15(29)9-26(10-16(30)12-28)18-8-14(1-3-19(18)31)24-23-13-2-4-20-17(7-13)25-22(34-20)35-6-5-21(32)33/h1-4,7-8,15-16,27-31H,5-6,9-12H2,(H,32,33). The molecule has 13 heteroatoms. The zero-order valence-corrected chi connectivity index (χ0v) is 23.1. The van der Waals surface area contributed by atoms with Gasteiger partial charge in [0.25, 0.3) is 0 Å². The van der Waals surface area contributed by atoms with Gasteiger partial charge in [-0.05, 0) is 0 Å². The van der Waals surface area contributed by atoms with Crippen molar-refractivity contribution in [1.82, 2.24) is 4.98 Å². The number of carboxylic acid groups (broad SMARTS) is 1. The second-order valence-electron chi connectivity index (χ2n) is 7.57. The van der Waals surface area contributed by atoms with Crippen molar-refractivity contribution in [3.8, 4) is 5.75 Å². The number of phenolic OH excluding ortho intramolecular Hbond substituents is 1. The molecule has 0 fully saturated rings. The van der Waals surface area contributed by atoms with Crippen molar-refractivity contribution in [2.75, 3.05) is 37.0 Å². The third kappa shape index (κ3) is 8.43. The summed E-state index contributed by atoms with van der Waals surface area (Å²) in [6.45, 7) is -0.949. The molecular formula is C22H26As2N2O8S. The van der Waals surface area contributed by atoms with Crippen molar-refractivity contribution >= 4 is 69.5 Å². The Morgan fingerprint density at radius 2 is 1.66 bits per heavy atom. The summed E-state index contributed by atoms with van der Waals surface area (Å²) in [7, 11) is 0. The van der Waals surface area contributed by atoms with Gasteiger partial charge in [0.05, 0.1) is 0 Å². The predicted molar refractivity (Wildman–Crippen MR) is 134 cm³/mol. The Morgan fingerprint density at radius 1 is 1.03 bits per heavy atom. The second-order valence-corrected chi connectivity index (χ2v) is 16.0. The first-order chi connectivity index (χ1) is 16.8. The number of aliphatic hydroxyl groups excluding tert-OH is 4. The van der Waals surface area contributed by atoms with Gasteiger partial charge >= 0.3 is 217 Å². The molecule has 3 rings (SSSR count). The number of fused-ring (bicyclic) bond motifs is 1. The summed E-state index contributed by atoms with van der Waals surface area (Å²) in [4.78, 5) is 16.7. The van der Waals surface area contributed by atoms with Gasteiger partial charge in [-0.25, -0.2) is 0 Å². The molecule has 2 atom stereocenters. The fourth-order valence-corrected chi connectivity index (χ4v) is 10.9. The number of carboxylic acids is 1. The zero-order valence-electron chi connectivity index (χ0n) is 18.6. The summed E-state index contributed by atoms with van der Waals surface area (Å²) in [5.74, 6) is -0.493. The fourth-order valence-electron chi connectivity index (χ4n) is 3.08. The van der Waals surface area contributed by atoms with Crippen LogP contribution in [0.4, 0.5) is 5.69 Å². The van der Waals surface area contributed by atoms with Crippen molar-refractivity contribution in [2.24, 2.45) is 0 Å². The van der Waals surface area contributed by atoms with Crippen molar-refractivity contribution in [1.29, 1.82) is 0 Å². The molecule has 6 N–H and O–H groups in total. The summed E-state index contributed by atoms with van der Waals surface area (Å²) in [6, 6.07) is 11.1. The van der Waals surface area contributed by atoms with Crippen LogP contribution >= 0.6 is 11.8 Å². The van der Waals surface area contributed by atoms with Crippen molar-refractivity contribution in [3.05, 3.63) is 36.4 Å². The van der Waals surface area contributed by atoms with Crippen LogP contribution in [-0.2, 0) is 4.79 Å². The third-order valence-electron chi connectivity index (χ3n) is 4.76. The van der Waals surface area contributed by atoms with Gasteiger partial charge in [-0.1, -0.05) is 0 Å². The summed E-state index contributed by atoms with van der Waals surface area (Å²) in [6.07, 6.45) is -2.10. The van der Waals surface area contributed by atoms with Gasteiger partial charge in [0.15, 0.2) is 0 Å². The number of anilines is 1. The molecule has 0 spiro atoms. The van der Waals surface area contributed by atoms with E-state index in [4.69, 9.17) is 9.52 Å². The molecule has 1 aromatic heterocycles. The number of aliphatic hydroxyl groups is 4. The number of rotatable bonds is 13. The predicted octanol–water partition coefficient (Wildman–Crippen LogP) is -1.11. The van der Waals surface area contributed by atoms with E-state index in [2.05, 4.69) is 4.98 Å². The molecule has 10 nitrogen and oxygen atoms in total. The Balaban J connectivity index is 1.78. The Hall–Kier alpha value is -1.71. The van der Waals surface area contributed by atoms with E-state index in [1.165, 1.54) is 11.8 Å². The van der Waals surface area contributed by atoms with Crippen LogP contribution in [0.5, 0.6) is 5.75 Å². The van der Waals surface area contributed by atoms with E-state index in [9.17, 15) is 30.3 Å². The van der Waals surface area contributed by atoms with E-state index >= 15 is 0 Å². The summed E-state index contributed by atoms with van der Waals surface area (Å²) >= 11 is 0.812. The summed E-state index contributed by atoms with van der Waals surface area (Å²) in [5.41, 5.74) is 1.80. The Labute approximate surface area is 216 Å². The van der Waals surface area contributed by atoms with Crippen molar-refractivity contribution in [2.45, 2.75) is 23.9 Å². The van der Waals surface area contributed by atoms with E-state index in [-0.39, 0.29) is 51.5 Å². The van der Waals surface area contributed by atoms with Gasteiger partial charge in [0, 0.05) is 0 Å². The first-order valence-corrected chi connectivity index (χ1v) is 18.7. The van der Waals surface area contributed by atoms with E-state index in [0.717, 1.165) is 14.2 Å². The molecule has 0 aliphatic carbocycles. The average molecular weight is 628 g/mol. The number of thioether (sulfide) groups is 1. The van der Waals surface area contributed by atoms with Gasteiger partial charge in [-0.3, -0.25) is 0 Å². The second kappa shape index (κ2) is 13.6. The van der Waals surface area contributed by atoms with Crippen LogP contribution in [0, 0.1) is 0 Å². The first kappa shape index (κ1) is 27.9. The van der Waals surface area contributed by atoms with Gasteiger partial charge in [-0.15, -0.1) is 0 Å². The number of hydrogen-bond donors (Lipinski definition) is 6. The van der Waals surface area contributed by atoms with E-state index < -0.39 is 31.4 Å². The number of carbonyl (C=O) groups is 1. The molecule has 0 radical (unpaired) electrons. The van der Waals surface area contributed by atoms with Crippen LogP contribution in [0.1, 0.15) is 6.42 Å². The van der Waals surface area contributed by atoms with Crippen LogP contribution in [-0.4, -0.2) is 112 Å².